The molecule has 7 nitrogen and oxygen atoms in total. The molecule has 1 atom stereocenters. The molecule has 0 saturated heterocycles. The SMILES string of the molecule is O=C(Nc1ccc(Cl)c(Cl)c1)c1cc(OC(C(=O)Nc2ccc(Cl)c(Cl)c2)c2ccccc2)cc(C(=O)Nc2ccc(Cl)c(Cl)c2)c1. The maximum absolute atomic E-state index is 13.6. The van der Waals surface area contributed by atoms with Gasteiger partial charge in [0.25, 0.3) is 17.7 Å². The van der Waals surface area contributed by atoms with Crippen LogP contribution in [-0.2, 0) is 4.79 Å². The molecular weight excluding hydrogens is 727 g/mol. The molecule has 0 bridgehead atoms. The topological polar surface area (TPSA) is 96.5 Å². The molecule has 0 saturated carbocycles. The smallest absolute Gasteiger partial charge is 0.270 e. The van der Waals surface area contributed by atoms with Gasteiger partial charge in [-0.1, -0.05) is 99.9 Å². The van der Waals surface area contributed by atoms with Gasteiger partial charge in [-0.05, 0) is 72.8 Å². The van der Waals surface area contributed by atoms with Gasteiger partial charge >= 0.3 is 0 Å². The largest absolute Gasteiger partial charge is 0.476 e. The number of carbonyl (C=O) groups excluding carboxylic acids is 3. The minimum Gasteiger partial charge on any atom is -0.476 e. The molecule has 5 rings (SSSR count). The molecule has 0 aromatic heterocycles. The van der Waals surface area contributed by atoms with Crippen LogP contribution in [0.1, 0.15) is 32.4 Å². The molecule has 0 fully saturated rings. The van der Waals surface area contributed by atoms with E-state index < -0.39 is 23.8 Å². The highest BCUT2D eigenvalue weighted by molar-refractivity contribution is 6.43. The van der Waals surface area contributed by atoms with E-state index in [1.54, 1.807) is 54.6 Å². The van der Waals surface area contributed by atoms with E-state index in [4.69, 9.17) is 74.3 Å². The van der Waals surface area contributed by atoms with Gasteiger partial charge in [0.1, 0.15) is 5.75 Å². The van der Waals surface area contributed by atoms with Crippen LogP contribution in [0.15, 0.2) is 103 Å². The van der Waals surface area contributed by atoms with Gasteiger partial charge in [-0.3, -0.25) is 14.4 Å². The van der Waals surface area contributed by atoms with Crippen LogP contribution in [0.3, 0.4) is 0 Å². The number of carbonyl (C=O) groups is 3. The third kappa shape index (κ3) is 8.90. The standard InChI is InChI=1S/C34H21Cl6N3O4/c35-25-9-6-21(15-28(25)38)41-32(44)19-12-20(33(45)42-22-7-10-26(36)29(39)16-22)14-24(13-19)47-31(18-4-2-1-3-5-18)34(46)43-23-8-11-27(37)30(40)17-23/h1-17,31H,(H,41,44)(H,42,45)(H,43,46). The molecule has 0 spiro atoms. The molecule has 5 aromatic carbocycles. The highest BCUT2D eigenvalue weighted by Crippen LogP contribution is 2.31. The van der Waals surface area contributed by atoms with E-state index in [1.165, 1.54) is 48.5 Å². The molecule has 5 aromatic rings. The lowest BCUT2D eigenvalue weighted by Gasteiger charge is -2.20. The Morgan fingerprint density at radius 1 is 0.489 bits per heavy atom. The number of halogens is 6. The number of rotatable bonds is 9. The summed E-state index contributed by atoms with van der Waals surface area (Å²) < 4.78 is 6.23. The van der Waals surface area contributed by atoms with Crippen LogP contribution >= 0.6 is 69.6 Å². The minimum atomic E-state index is -1.22. The quantitative estimate of drug-likeness (QED) is 0.140. The molecular formula is C34H21Cl6N3O4. The number of ether oxygens (including phenoxy) is 1. The lowest BCUT2D eigenvalue weighted by molar-refractivity contribution is -0.123. The third-order valence-electron chi connectivity index (χ3n) is 6.57. The van der Waals surface area contributed by atoms with Crippen LogP contribution in [0, 0.1) is 0 Å². The summed E-state index contributed by atoms with van der Waals surface area (Å²) in [6, 6.07) is 26.7. The first-order valence-electron chi connectivity index (χ1n) is 13.6. The predicted molar refractivity (Wildman–Crippen MR) is 190 cm³/mol. The van der Waals surface area contributed by atoms with Crippen LogP contribution in [0.5, 0.6) is 5.75 Å². The van der Waals surface area contributed by atoms with Crippen molar-refractivity contribution in [1.82, 2.24) is 0 Å². The number of nitrogens with one attached hydrogen (secondary N) is 3. The van der Waals surface area contributed by atoms with Crippen molar-refractivity contribution in [2.75, 3.05) is 16.0 Å². The Hall–Kier alpha value is -3.95. The zero-order valence-electron chi connectivity index (χ0n) is 23.8. The Morgan fingerprint density at radius 3 is 1.34 bits per heavy atom. The number of hydrogen-bond acceptors (Lipinski definition) is 4. The Labute approximate surface area is 299 Å². The molecule has 0 aliphatic rings. The van der Waals surface area contributed by atoms with E-state index in [-0.39, 0.29) is 31.9 Å². The fourth-order valence-corrected chi connectivity index (χ4v) is 5.20. The van der Waals surface area contributed by atoms with Gasteiger partial charge in [0, 0.05) is 33.8 Å². The normalized spacial score (nSPS) is 11.4. The molecule has 0 heterocycles. The van der Waals surface area contributed by atoms with Crippen LogP contribution < -0.4 is 20.7 Å². The average Bonchev–Trinajstić information content (AvgIpc) is 3.05. The highest BCUT2D eigenvalue weighted by atomic mass is 35.5. The highest BCUT2D eigenvalue weighted by Gasteiger charge is 2.25. The first kappa shape index (κ1) is 34.4. The zero-order valence-corrected chi connectivity index (χ0v) is 28.3. The van der Waals surface area contributed by atoms with Gasteiger partial charge in [-0.25, -0.2) is 0 Å². The maximum Gasteiger partial charge on any atom is 0.270 e. The Balaban J connectivity index is 1.51. The second kappa shape index (κ2) is 15.3. The summed E-state index contributed by atoms with van der Waals surface area (Å²) in [6.07, 6.45) is -1.22. The minimum absolute atomic E-state index is 0.0456. The van der Waals surface area contributed by atoms with Gasteiger partial charge in [-0.15, -0.1) is 0 Å². The van der Waals surface area contributed by atoms with Crippen molar-refractivity contribution < 1.29 is 19.1 Å². The van der Waals surface area contributed by atoms with Gasteiger partial charge < -0.3 is 20.7 Å². The maximum atomic E-state index is 13.6. The van der Waals surface area contributed by atoms with Gasteiger partial charge in [0.05, 0.1) is 30.1 Å². The van der Waals surface area contributed by atoms with Gasteiger partial charge in [0.2, 0.25) is 6.10 Å². The van der Waals surface area contributed by atoms with Crippen molar-refractivity contribution in [2.45, 2.75) is 6.10 Å². The van der Waals surface area contributed by atoms with Crippen molar-refractivity contribution >= 4 is 104 Å². The number of benzene rings is 5. The van der Waals surface area contributed by atoms with E-state index >= 15 is 0 Å². The molecule has 3 amide bonds. The second-order valence-electron chi connectivity index (χ2n) is 9.94. The number of amides is 3. The summed E-state index contributed by atoms with van der Waals surface area (Å²) >= 11 is 36.5. The van der Waals surface area contributed by atoms with E-state index in [0.717, 1.165) is 0 Å². The van der Waals surface area contributed by atoms with Crippen molar-refractivity contribution in [1.29, 1.82) is 0 Å². The van der Waals surface area contributed by atoms with E-state index in [1.807, 2.05) is 0 Å². The summed E-state index contributed by atoms with van der Waals surface area (Å²) in [5.41, 5.74) is 1.69. The Kier molecular flexibility index (Phi) is 11.2. The van der Waals surface area contributed by atoms with Crippen LogP contribution in [0.25, 0.3) is 0 Å². The lowest BCUT2D eigenvalue weighted by Crippen LogP contribution is -2.26. The summed E-state index contributed by atoms with van der Waals surface area (Å²) in [7, 11) is 0. The molecule has 13 heteroatoms. The Morgan fingerprint density at radius 2 is 0.915 bits per heavy atom. The monoisotopic (exact) mass is 745 g/mol. The molecule has 0 aliphatic carbocycles. The van der Waals surface area contributed by atoms with Crippen molar-refractivity contribution in [3.8, 4) is 5.75 Å². The average molecular weight is 748 g/mol. The fourth-order valence-electron chi connectivity index (χ4n) is 4.30. The van der Waals surface area contributed by atoms with E-state index in [2.05, 4.69) is 16.0 Å². The molecule has 0 aliphatic heterocycles. The van der Waals surface area contributed by atoms with Crippen LogP contribution in [-0.4, -0.2) is 17.7 Å². The van der Waals surface area contributed by atoms with Crippen LogP contribution in [0.2, 0.25) is 30.1 Å². The molecule has 1 unspecified atom stereocenters. The molecule has 0 radical (unpaired) electrons. The molecule has 238 valence electrons. The Bertz CT molecular complexity index is 1910. The lowest BCUT2D eigenvalue weighted by atomic mass is 10.1. The van der Waals surface area contributed by atoms with Crippen LogP contribution in [0.4, 0.5) is 17.1 Å². The zero-order chi connectivity index (χ0) is 33.7. The summed E-state index contributed by atoms with van der Waals surface area (Å²) in [6.45, 7) is 0. The van der Waals surface area contributed by atoms with E-state index in [9.17, 15) is 14.4 Å². The summed E-state index contributed by atoms with van der Waals surface area (Å²) in [5, 5.41) is 9.91. The molecule has 47 heavy (non-hydrogen) atoms. The van der Waals surface area contributed by atoms with Crippen molar-refractivity contribution in [2.24, 2.45) is 0 Å². The second-order valence-corrected chi connectivity index (χ2v) is 12.4. The van der Waals surface area contributed by atoms with Crippen molar-refractivity contribution in [3.63, 3.8) is 0 Å². The third-order valence-corrected chi connectivity index (χ3v) is 8.78. The first-order chi connectivity index (χ1) is 22.5. The van der Waals surface area contributed by atoms with Gasteiger partial charge in [0.15, 0.2) is 0 Å². The predicted octanol–water partition coefficient (Wildman–Crippen LogP) is 10.9. The first-order valence-corrected chi connectivity index (χ1v) is 15.9. The summed E-state index contributed by atoms with van der Waals surface area (Å²) in [5.74, 6) is -1.69. The van der Waals surface area contributed by atoms with Crippen molar-refractivity contribution in [3.05, 3.63) is 150 Å². The summed E-state index contributed by atoms with van der Waals surface area (Å²) in [4.78, 5) is 40.6. The van der Waals surface area contributed by atoms with E-state index in [0.29, 0.717) is 37.7 Å². The number of anilines is 3. The molecule has 3 N–H and O–H groups in total. The van der Waals surface area contributed by atoms with Gasteiger partial charge in [-0.2, -0.15) is 0 Å². The fraction of sp³-hybridized carbons (Fsp3) is 0.0294. The number of hydrogen-bond donors (Lipinski definition) is 3.